The number of alkyl halides is 3. The average Bonchev–Trinajstić information content (AvgIpc) is 2.89. The van der Waals surface area contributed by atoms with Crippen molar-refractivity contribution >= 4 is 0 Å². The van der Waals surface area contributed by atoms with Crippen molar-refractivity contribution in [2.75, 3.05) is 13.1 Å². The Morgan fingerprint density at radius 3 is 2.56 bits per heavy atom. The Hall–Kier alpha value is -0.330. The van der Waals surface area contributed by atoms with E-state index in [-0.39, 0.29) is 11.7 Å². The zero-order chi connectivity index (χ0) is 13.2. The Morgan fingerprint density at radius 2 is 1.94 bits per heavy atom. The molecule has 0 aromatic carbocycles. The highest BCUT2D eigenvalue weighted by atomic mass is 19.4. The summed E-state index contributed by atoms with van der Waals surface area (Å²) in [6.45, 7) is -0.0781. The van der Waals surface area contributed by atoms with Gasteiger partial charge in [-0.25, -0.2) is 0 Å². The molecule has 0 bridgehead atoms. The zero-order valence-corrected chi connectivity index (χ0v) is 10.3. The average molecular weight is 267 g/mol. The summed E-state index contributed by atoms with van der Waals surface area (Å²) >= 11 is 0. The molecule has 2 rings (SSSR count). The van der Waals surface area contributed by atoms with E-state index in [1.54, 1.807) is 0 Å². The van der Waals surface area contributed by atoms with E-state index in [2.05, 4.69) is 5.32 Å². The first kappa shape index (κ1) is 14.1. The van der Waals surface area contributed by atoms with Crippen LogP contribution < -0.4 is 5.32 Å². The normalized spacial score (nSPS) is 29.0. The summed E-state index contributed by atoms with van der Waals surface area (Å²) in [6.07, 6.45) is -0.404. The number of hydrogen-bond acceptors (Lipinski definition) is 3. The van der Waals surface area contributed by atoms with Crippen molar-refractivity contribution in [2.24, 2.45) is 0 Å². The first-order chi connectivity index (χ1) is 8.41. The van der Waals surface area contributed by atoms with Crippen LogP contribution in [-0.4, -0.2) is 42.2 Å². The SMILES string of the molecule is OC(CNCC1CCC2(CCCC2)O1)C(F)(F)F. The van der Waals surface area contributed by atoms with Gasteiger partial charge in [-0.2, -0.15) is 13.2 Å². The number of ether oxygens (including phenoxy) is 1. The molecule has 0 radical (unpaired) electrons. The highest BCUT2D eigenvalue weighted by Gasteiger charge is 2.42. The van der Waals surface area contributed by atoms with E-state index in [9.17, 15) is 13.2 Å². The third-order valence-electron chi connectivity index (χ3n) is 3.94. The molecule has 2 N–H and O–H groups in total. The second-order valence-corrected chi connectivity index (χ2v) is 5.38. The smallest absolute Gasteiger partial charge is 0.382 e. The van der Waals surface area contributed by atoms with E-state index >= 15 is 0 Å². The number of rotatable bonds is 4. The molecule has 3 nitrogen and oxygen atoms in total. The van der Waals surface area contributed by atoms with Crippen molar-refractivity contribution < 1.29 is 23.0 Å². The predicted octanol–water partition coefficient (Wildman–Crippen LogP) is 1.99. The summed E-state index contributed by atoms with van der Waals surface area (Å²) in [4.78, 5) is 0. The summed E-state index contributed by atoms with van der Waals surface area (Å²) in [7, 11) is 0. The Bertz CT molecular complexity index is 277. The molecular formula is C12H20F3NO2. The Labute approximate surface area is 105 Å². The van der Waals surface area contributed by atoms with Crippen LogP contribution in [0.3, 0.4) is 0 Å². The fourth-order valence-corrected chi connectivity index (χ4v) is 2.92. The lowest BCUT2D eigenvalue weighted by molar-refractivity contribution is -0.202. The fourth-order valence-electron chi connectivity index (χ4n) is 2.92. The van der Waals surface area contributed by atoms with Crippen molar-refractivity contribution in [1.82, 2.24) is 5.32 Å². The first-order valence-corrected chi connectivity index (χ1v) is 6.55. The van der Waals surface area contributed by atoms with Crippen molar-refractivity contribution in [3.8, 4) is 0 Å². The second kappa shape index (κ2) is 5.35. The maximum absolute atomic E-state index is 12.1. The zero-order valence-electron chi connectivity index (χ0n) is 10.3. The lowest BCUT2D eigenvalue weighted by Crippen LogP contribution is -2.41. The summed E-state index contributed by atoms with van der Waals surface area (Å²) in [5, 5.41) is 11.5. The van der Waals surface area contributed by atoms with Gasteiger partial charge < -0.3 is 15.2 Å². The van der Waals surface area contributed by atoms with Crippen molar-refractivity contribution in [3.05, 3.63) is 0 Å². The lowest BCUT2D eigenvalue weighted by Gasteiger charge is -2.24. The van der Waals surface area contributed by atoms with Gasteiger partial charge in [0.1, 0.15) is 0 Å². The molecule has 2 fully saturated rings. The number of aliphatic hydroxyl groups excluding tert-OH is 1. The van der Waals surface area contributed by atoms with Gasteiger partial charge in [0.2, 0.25) is 0 Å². The van der Waals surface area contributed by atoms with Crippen LogP contribution in [0.25, 0.3) is 0 Å². The van der Waals surface area contributed by atoms with Gasteiger partial charge in [-0.15, -0.1) is 0 Å². The number of halogens is 3. The molecule has 0 amide bonds. The minimum absolute atomic E-state index is 0.00892. The molecule has 18 heavy (non-hydrogen) atoms. The standard InChI is InChI=1S/C12H20F3NO2/c13-12(14,15)10(17)8-16-7-9-3-6-11(18-9)4-1-2-5-11/h9-10,16-17H,1-8H2. The molecule has 1 saturated heterocycles. The van der Waals surface area contributed by atoms with E-state index in [0.717, 1.165) is 25.7 Å². The van der Waals surface area contributed by atoms with E-state index in [4.69, 9.17) is 9.84 Å². The van der Waals surface area contributed by atoms with Crippen LogP contribution in [0.1, 0.15) is 38.5 Å². The fraction of sp³-hybridized carbons (Fsp3) is 1.00. The van der Waals surface area contributed by atoms with Gasteiger partial charge in [0.05, 0.1) is 11.7 Å². The molecule has 6 heteroatoms. The third kappa shape index (κ3) is 3.36. The molecule has 1 saturated carbocycles. The summed E-state index contributed by atoms with van der Waals surface area (Å²) in [6, 6.07) is 0. The van der Waals surface area contributed by atoms with Gasteiger partial charge in [0.25, 0.3) is 0 Å². The van der Waals surface area contributed by atoms with Crippen LogP contribution in [-0.2, 0) is 4.74 Å². The molecule has 1 aliphatic heterocycles. The molecule has 1 spiro atoms. The number of nitrogens with one attached hydrogen (secondary N) is 1. The minimum atomic E-state index is -4.55. The molecule has 1 heterocycles. The van der Waals surface area contributed by atoms with Crippen LogP contribution in [0, 0.1) is 0 Å². The van der Waals surface area contributed by atoms with Gasteiger partial charge in [-0.1, -0.05) is 12.8 Å². The highest BCUT2D eigenvalue weighted by Crippen LogP contribution is 2.43. The van der Waals surface area contributed by atoms with Crippen molar-refractivity contribution in [2.45, 2.75) is 62.5 Å². The van der Waals surface area contributed by atoms with Crippen LogP contribution in [0.2, 0.25) is 0 Å². The van der Waals surface area contributed by atoms with E-state index in [1.165, 1.54) is 12.8 Å². The predicted molar refractivity (Wildman–Crippen MR) is 60.2 cm³/mol. The van der Waals surface area contributed by atoms with Gasteiger partial charge >= 0.3 is 6.18 Å². The summed E-state index contributed by atoms with van der Waals surface area (Å²) in [5.41, 5.74) is 0.00892. The largest absolute Gasteiger partial charge is 0.415 e. The summed E-state index contributed by atoms with van der Waals surface area (Å²) < 4.78 is 42.2. The molecule has 2 aliphatic rings. The molecule has 2 unspecified atom stereocenters. The van der Waals surface area contributed by atoms with E-state index < -0.39 is 18.8 Å². The van der Waals surface area contributed by atoms with Gasteiger partial charge in [0.15, 0.2) is 6.10 Å². The molecule has 1 aliphatic carbocycles. The molecule has 2 atom stereocenters. The van der Waals surface area contributed by atoms with Crippen LogP contribution in [0.5, 0.6) is 0 Å². The Balaban J connectivity index is 1.66. The monoisotopic (exact) mass is 267 g/mol. The van der Waals surface area contributed by atoms with Crippen molar-refractivity contribution in [3.63, 3.8) is 0 Å². The molecule has 106 valence electrons. The van der Waals surface area contributed by atoms with Gasteiger partial charge in [-0.05, 0) is 25.7 Å². The Morgan fingerprint density at radius 1 is 1.28 bits per heavy atom. The highest BCUT2D eigenvalue weighted by molar-refractivity contribution is 4.93. The number of hydrogen-bond donors (Lipinski definition) is 2. The molecule has 0 aromatic heterocycles. The van der Waals surface area contributed by atoms with E-state index in [1.807, 2.05) is 0 Å². The maximum Gasteiger partial charge on any atom is 0.415 e. The maximum atomic E-state index is 12.1. The second-order valence-electron chi connectivity index (χ2n) is 5.38. The molecule has 0 aromatic rings. The van der Waals surface area contributed by atoms with Crippen LogP contribution in [0.4, 0.5) is 13.2 Å². The topological polar surface area (TPSA) is 41.5 Å². The van der Waals surface area contributed by atoms with Gasteiger partial charge in [-0.3, -0.25) is 0 Å². The van der Waals surface area contributed by atoms with Crippen LogP contribution in [0.15, 0.2) is 0 Å². The number of aliphatic hydroxyl groups is 1. The molecular weight excluding hydrogens is 247 g/mol. The third-order valence-corrected chi connectivity index (χ3v) is 3.94. The quantitative estimate of drug-likeness (QED) is 0.818. The van der Waals surface area contributed by atoms with E-state index in [0.29, 0.717) is 6.54 Å². The van der Waals surface area contributed by atoms with Gasteiger partial charge in [0, 0.05) is 13.1 Å². The van der Waals surface area contributed by atoms with Crippen molar-refractivity contribution in [1.29, 1.82) is 0 Å². The summed E-state index contributed by atoms with van der Waals surface area (Å²) in [5.74, 6) is 0. The van der Waals surface area contributed by atoms with Crippen LogP contribution >= 0.6 is 0 Å². The Kier molecular flexibility index (Phi) is 4.18. The first-order valence-electron chi connectivity index (χ1n) is 6.55. The lowest BCUT2D eigenvalue weighted by atomic mass is 9.98. The minimum Gasteiger partial charge on any atom is -0.382 e.